The van der Waals surface area contributed by atoms with Crippen molar-refractivity contribution < 1.29 is 57.4 Å². The number of likely N-dealkylation sites (N-methyl/N-ethyl adjacent to an activating group) is 1. The Morgan fingerprint density at radius 2 is 1.57 bits per heavy atom. The van der Waals surface area contributed by atoms with Gasteiger partial charge in [-0.05, 0) is 68.3 Å². The van der Waals surface area contributed by atoms with Crippen LogP contribution in [0.3, 0.4) is 0 Å². The van der Waals surface area contributed by atoms with E-state index in [1.807, 2.05) is 27.7 Å². The number of imide groups is 1. The zero-order valence-corrected chi connectivity index (χ0v) is 42.0. The van der Waals surface area contributed by atoms with E-state index < -0.39 is 61.6 Å². The van der Waals surface area contributed by atoms with Crippen molar-refractivity contribution in [1.82, 2.24) is 30.2 Å². The first-order valence-electron chi connectivity index (χ1n) is 24.4. The van der Waals surface area contributed by atoms with E-state index in [2.05, 4.69) is 10.6 Å². The van der Waals surface area contributed by atoms with E-state index in [-0.39, 0.29) is 85.0 Å². The van der Waals surface area contributed by atoms with Crippen LogP contribution in [-0.2, 0) is 54.0 Å². The smallest absolute Gasteiger partial charge is 0.347 e. The third kappa shape index (κ3) is 13.0. The Labute approximate surface area is 401 Å². The second-order valence-electron chi connectivity index (χ2n) is 19.6. The van der Waals surface area contributed by atoms with E-state index in [0.29, 0.717) is 50.6 Å². The van der Waals surface area contributed by atoms with E-state index in [9.17, 15) is 47.9 Å². The normalized spacial score (nSPS) is 23.4. The number of piperidine rings is 1. The predicted molar refractivity (Wildman–Crippen MR) is 253 cm³/mol. The first-order chi connectivity index (χ1) is 32.2. The SMILES string of the molecule is CCC(C)C(C(CC(=O)N1CCC[C@H]1C(OC)C(C)C(=O)NC(Cc1ccccc1)P(=O)(O)O)OC)N(C)C(=O)C(NC(=O)[C@@H]1[C@H]2CC[C@H](C2)N1C(=O)CCCCCN1C(=O)C=CC1=O)C(C)C. The maximum absolute atomic E-state index is 14.7. The number of unbranched alkanes of at least 4 members (excludes halogenated alkanes) is 2. The highest BCUT2D eigenvalue weighted by Gasteiger charge is 2.52. The van der Waals surface area contributed by atoms with Gasteiger partial charge in [-0.2, -0.15) is 0 Å². The Balaban J connectivity index is 1.23. The highest BCUT2D eigenvalue weighted by atomic mass is 31.2. The summed E-state index contributed by atoms with van der Waals surface area (Å²) in [5.41, 5.74) is 0.647. The number of carbonyl (C=O) groups excluding carboxylic acids is 7. The number of amides is 7. The van der Waals surface area contributed by atoms with Crippen molar-refractivity contribution in [3.63, 3.8) is 0 Å². The minimum atomic E-state index is -4.76. The van der Waals surface area contributed by atoms with Gasteiger partial charge in [-0.1, -0.05) is 77.8 Å². The van der Waals surface area contributed by atoms with Crippen molar-refractivity contribution in [1.29, 1.82) is 0 Å². The average Bonchev–Trinajstić information content (AvgIpc) is 4.13. The minimum Gasteiger partial charge on any atom is -0.379 e. The van der Waals surface area contributed by atoms with Gasteiger partial charge < -0.3 is 44.6 Å². The molecule has 3 aliphatic heterocycles. The molecule has 0 aromatic heterocycles. The third-order valence-corrected chi connectivity index (χ3v) is 15.9. The lowest BCUT2D eigenvalue weighted by molar-refractivity contribution is -0.149. The fourth-order valence-corrected chi connectivity index (χ4v) is 11.6. The summed E-state index contributed by atoms with van der Waals surface area (Å²) in [7, 11) is -0.144. The van der Waals surface area contributed by atoms with E-state index in [4.69, 9.17) is 9.47 Å². The number of nitrogens with zero attached hydrogens (tertiary/aromatic N) is 4. The van der Waals surface area contributed by atoms with Crippen LogP contribution in [0.15, 0.2) is 42.5 Å². The second kappa shape index (κ2) is 24.4. The van der Waals surface area contributed by atoms with E-state index in [1.165, 1.54) is 31.3 Å². The molecule has 0 spiro atoms. The summed E-state index contributed by atoms with van der Waals surface area (Å²) in [6, 6.07) is 5.92. The summed E-state index contributed by atoms with van der Waals surface area (Å²) in [6.45, 7) is 9.97. The molecule has 4 aliphatic rings. The zero-order valence-electron chi connectivity index (χ0n) is 41.1. The van der Waals surface area contributed by atoms with Gasteiger partial charge in [0.25, 0.3) is 11.8 Å². The Morgan fingerprint density at radius 1 is 0.897 bits per heavy atom. The van der Waals surface area contributed by atoms with E-state index in [0.717, 1.165) is 19.3 Å². The van der Waals surface area contributed by atoms with Crippen LogP contribution >= 0.6 is 7.60 Å². The quantitative estimate of drug-likeness (QED) is 0.0624. The van der Waals surface area contributed by atoms with Gasteiger partial charge in [0, 0.05) is 65.4 Å². The summed E-state index contributed by atoms with van der Waals surface area (Å²) in [5, 5.41) is 5.61. The molecule has 18 nitrogen and oxygen atoms in total. The molecule has 19 heteroatoms. The van der Waals surface area contributed by atoms with Crippen LogP contribution in [0.1, 0.15) is 111 Å². The Hall–Kier alpha value is -4.48. The molecule has 2 saturated heterocycles. The molecule has 1 aromatic carbocycles. The summed E-state index contributed by atoms with van der Waals surface area (Å²) < 4.78 is 24.4. The maximum Gasteiger partial charge on any atom is 0.347 e. The van der Waals surface area contributed by atoms with Gasteiger partial charge in [0.1, 0.15) is 17.9 Å². The van der Waals surface area contributed by atoms with E-state index in [1.54, 1.807) is 59.0 Å². The molecule has 5 rings (SSSR count). The van der Waals surface area contributed by atoms with Crippen LogP contribution in [0.4, 0.5) is 0 Å². The zero-order chi connectivity index (χ0) is 50.0. The monoisotopic (exact) mass is 971 g/mol. The molecule has 1 aromatic rings. The van der Waals surface area contributed by atoms with Gasteiger partial charge in [0.15, 0.2) is 0 Å². The number of hydrogen-bond donors (Lipinski definition) is 4. The van der Waals surface area contributed by atoms with Gasteiger partial charge in [0.2, 0.25) is 29.5 Å². The predicted octanol–water partition coefficient (Wildman–Crippen LogP) is 3.78. The van der Waals surface area contributed by atoms with Crippen molar-refractivity contribution in [2.24, 2.45) is 23.7 Å². The Bertz CT molecular complexity index is 2010. The Kier molecular flexibility index (Phi) is 19.5. The number of rotatable bonds is 25. The molecule has 1 aliphatic carbocycles. The highest BCUT2D eigenvalue weighted by Crippen LogP contribution is 2.44. The first kappa shape index (κ1) is 54.5. The van der Waals surface area contributed by atoms with Crippen LogP contribution in [0, 0.1) is 23.7 Å². The number of hydrogen-bond acceptors (Lipinski definition) is 10. The van der Waals surface area contributed by atoms with Crippen LogP contribution < -0.4 is 10.6 Å². The fourth-order valence-electron chi connectivity index (χ4n) is 10.9. The van der Waals surface area contributed by atoms with Crippen molar-refractivity contribution in [3.05, 3.63) is 48.0 Å². The van der Waals surface area contributed by atoms with Crippen molar-refractivity contribution >= 4 is 48.9 Å². The first-order valence-corrected chi connectivity index (χ1v) is 26.1. The lowest BCUT2D eigenvalue weighted by Gasteiger charge is -2.41. The highest BCUT2D eigenvalue weighted by molar-refractivity contribution is 7.52. The number of fused-ring (bicyclic) bond motifs is 2. The summed E-state index contributed by atoms with van der Waals surface area (Å²) >= 11 is 0. The number of carbonyl (C=O) groups is 7. The van der Waals surface area contributed by atoms with Crippen LogP contribution in [0.25, 0.3) is 0 Å². The lowest BCUT2D eigenvalue weighted by atomic mass is 9.89. The molecule has 2 bridgehead atoms. The average molecular weight is 971 g/mol. The molecular weight excluding hydrogens is 896 g/mol. The number of methoxy groups -OCH3 is 2. The largest absolute Gasteiger partial charge is 0.379 e. The molecule has 7 amide bonds. The maximum atomic E-state index is 14.7. The van der Waals surface area contributed by atoms with Crippen molar-refractivity contribution in [2.45, 2.75) is 160 Å². The van der Waals surface area contributed by atoms with Gasteiger partial charge in [-0.15, -0.1) is 0 Å². The third-order valence-electron chi connectivity index (χ3n) is 14.8. The standard InChI is InChI=1S/C49H75N6O12P/c1-9-31(4)44(37(66-7)29-42(59)53-26-16-19-36(53)46(67-8)32(5)47(60)50-38(68(63,64)65)27-33-17-12-10-13-18-33)52(6)49(62)43(30(2)3)51-48(61)45-34-21-22-35(28-34)55(45)41(58)20-14-11-15-25-54-39(56)23-24-40(54)57/h10,12-13,17-18,23-24,30-32,34-38,43-46H,9,11,14-16,19-22,25-29H2,1-8H3,(H,50,60)(H,51,61)(H2,63,64,65)/t31?,32?,34-,35+,36-,37?,38?,43?,44?,45-,46?/m0/s1. The van der Waals surface area contributed by atoms with Crippen LogP contribution in [0.2, 0.25) is 0 Å². The molecule has 3 fully saturated rings. The number of ether oxygens (including phenoxy) is 2. The lowest BCUT2D eigenvalue weighted by Crippen LogP contribution is -2.60. The summed E-state index contributed by atoms with van der Waals surface area (Å²) in [5.74, 6) is -5.22. The van der Waals surface area contributed by atoms with Gasteiger partial charge in [-0.25, -0.2) is 0 Å². The molecule has 11 atom stereocenters. The number of nitrogens with one attached hydrogen (secondary N) is 2. The number of likely N-dealkylation sites (tertiary alicyclic amines) is 2. The van der Waals surface area contributed by atoms with E-state index >= 15 is 0 Å². The molecular formula is C49H75N6O12P. The molecule has 68 heavy (non-hydrogen) atoms. The molecule has 378 valence electrons. The minimum absolute atomic E-state index is 0.0261. The van der Waals surface area contributed by atoms with Gasteiger partial charge in [0.05, 0.1) is 36.6 Å². The van der Waals surface area contributed by atoms with Crippen LogP contribution in [0.5, 0.6) is 0 Å². The second-order valence-corrected chi connectivity index (χ2v) is 21.4. The molecule has 7 unspecified atom stereocenters. The topological polar surface area (TPSA) is 232 Å². The van der Waals surface area contributed by atoms with Gasteiger partial charge >= 0.3 is 7.60 Å². The molecule has 3 heterocycles. The molecule has 1 saturated carbocycles. The summed E-state index contributed by atoms with van der Waals surface area (Å²) in [4.78, 5) is 121. The molecule has 4 N–H and O–H groups in total. The van der Waals surface area contributed by atoms with Gasteiger partial charge in [-0.3, -0.25) is 43.0 Å². The number of benzene rings is 1. The van der Waals surface area contributed by atoms with Crippen molar-refractivity contribution in [3.8, 4) is 0 Å². The fraction of sp³-hybridized carbons (Fsp3) is 0.694. The van der Waals surface area contributed by atoms with Crippen molar-refractivity contribution in [2.75, 3.05) is 34.4 Å². The van der Waals surface area contributed by atoms with Crippen LogP contribution in [-0.4, -0.2) is 153 Å². The summed E-state index contributed by atoms with van der Waals surface area (Å²) in [6.07, 6.45) is 6.89. The molecule has 0 radical (unpaired) electrons. The Morgan fingerprint density at radius 3 is 2.18 bits per heavy atom.